The number of likely N-dealkylation sites (tertiary alicyclic amines) is 1. The Morgan fingerprint density at radius 2 is 2.09 bits per heavy atom. The summed E-state index contributed by atoms with van der Waals surface area (Å²) in [5.41, 5.74) is 2.52. The minimum absolute atomic E-state index is 0.147. The second-order valence-corrected chi connectivity index (χ2v) is 6.15. The van der Waals surface area contributed by atoms with E-state index in [9.17, 15) is 9.59 Å². The van der Waals surface area contributed by atoms with Crippen LogP contribution in [-0.4, -0.2) is 34.2 Å². The van der Waals surface area contributed by atoms with Crippen molar-refractivity contribution in [2.24, 2.45) is 0 Å². The molecular formula is C18H22N2O2. The van der Waals surface area contributed by atoms with Crippen molar-refractivity contribution in [2.75, 3.05) is 6.54 Å². The lowest BCUT2D eigenvalue weighted by molar-refractivity contribution is -0.135. The van der Waals surface area contributed by atoms with Gasteiger partial charge in [-0.25, -0.2) is 0 Å². The van der Waals surface area contributed by atoms with Crippen LogP contribution in [0.5, 0.6) is 0 Å². The normalized spacial score (nSPS) is 18.6. The molecule has 4 heteroatoms. The Balaban J connectivity index is 1.95. The van der Waals surface area contributed by atoms with E-state index in [1.54, 1.807) is 0 Å². The summed E-state index contributed by atoms with van der Waals surface area (Å²) in [7, 11) is 0. The molecule has 1 aromatic carbocycles. The quantitative estimate of drug-likeness (QED) is 0.817. The van der Waals surface area contributed by atoms with Gasteiger partial charge in [-0.05, 0) is 39.2 Å². The van der Waals surface area contributed by atoms with E-state index in [0.717, 1.165) is 42.3 Å². The highest BCUT2D eigenvalue weighted by atomic mass is 16.2. The fourth-order valence-corrected chi connectivity index (χ4v) is 3.50. The summed E-state index contributed by atoms with van der Waals surface area (Å²) in [6.45, 7) is 5.19. The Kier molecular flexibility index (Phi) is 4.01. The van der Waals surface area contributed by atoms with Gasteiger partial charge in [0, 0.05) is 34.7 Å². The SMILES string of the molecule is Cc1c(C=O)c2ccccc2n1CC(=O)N1CCCC[C@@H]1C. The number of aldehydes is 1. The van der Waals surface area contributed by atoms with E-state index in [4.69, 9.17) is 0 Å². The van der Waals surface area contributed by atoms with Gasteiger partial charge < -0.3 is 9.47 Å². The fourth-order valence-electron chi connectivity index (χ4n) is 3.50. The number of aromatic nitrogens is 1. The maximum Gasteiger partial charge on any atom is 0.242 e. The second-order valence-electron chi connectivity index (χ2n) is 6.15. The first-order chi connectivity index (χ1) is 10.6. The minimum Gasteiger partial charge on any atom is -0.338 e. The molecule has 22 heavy (non-hydrogen) atoms. The predicted octanol–water partition coefficient (Wildman–Crippen LogP) is 3.16. The van der Waals surface area contributed by atoms with Crippen molar-refractivity contribution in [2.45, 2.75) is 45.7 Å². The summed E-state index contributed by atoms with van der Waals surface area (Å²) < 4.78 is 1.97. The summed E-state index contributed by atoms with van der Waals surface area (Å²) in [4.78, 5) is 26.1. The Hall–Kier alpha value is -2.10. The zero-order valence-electron chi connectivity index (χ0n) is 13.2. The number of nitrogens with zero attached hydrogens (tertiary/aromatic N) is 2. The lowest BCUT2D eigenvalue weighted by Gasteiger charge is -2.33. The third-order valence-electron chi connectivity index (χ3n) is 4.81. The summed E-state index contributed by atoms with van der Waals surface area (Å²) in [6, 6.07) is 8.10. The van der Waals surface area contributed by atoms with Gasteiger partial charge in [0.1, 0.15) is 6.54 Å². The molecule has 1 aliphatic rings. The molecule has 2 heterocycles. The van der Waals surface area contributed by atoms with Crippen LogP contribution in [0.25, 0.3) is 10.9 Å². The molecule has 1 aliphatic heterocycles. The molecular weight excluding hydrogens is 276 g/mol. The monoisotopic (exact) mass is 298 g/mol. The van der Waals surface area contributed by atoms with Crippen LogP contribution >= 0.6 is 0 Å². The van der Waals surface area contributed by atoms with Crippen LogP contribution in [0.2, 0.25) is 0 Å². The highest BCUT2D eigenvalue weighted by Crippen LogP contribution is 2.25. The van der Waals surface area contributed by atoms with Crippen molar-refractivity contribution in [1.29, 1.82) is 0 Å². The molecule has 2 aromatic rings. The number of para-hydroxylation sites is 1. The van der Waals surface area contributed by atoms with Gasteiger partial charge in [0.05, 0.1) is 0 Å². The summed E-state index contributed by atoms with van der Waals surface area (Å²) >= 11 is 0. The number of benzene rings is 1. The van der Waals surface area contributed by atoms with E-state index in [0.29, 0.717) is 18.2 Å². The van der Waals surface area contributed by atoms with E-state index in [2.05, 4.69) is 6.92 Å². The number of carbonyl (C=O) groups is 2. The van der Waals surface area contributed by atoms with Crippen LogP contribution in [0, 0.1) is 6.92 Å². The zero-order valence-corrected chi connectivity index (χ0v) is 13.2. The van der Waals surface area contributed by atoms with Gasteiger partial charge in [-0.3, -0.25) is 9.59 Å². The van der Waals surface area contributed by atoms with Gasteiger partial charge in [0.15, 0.2) is 6.29 Å². The number of rotatable bonds is 3. The van der Waals surface area contributed by atoms with E-state index in [-0.39, 0.29) is 5.91 Å². The summed E-state index contributed by atoms with van der Waals surface area (Å²) in [5, 5.41) is 0.925. The van der Waals surface area contributed by atoms with Crippen LogP contribution in [-0.2, 0) is 11.3 Å². The molecule has 0 unspecified atom stereocenters. The molecule has 0 aliphatic carbocycles. The molecule has 116 valence electrons. The number of amides is 1. The Bertz CT molecular complexity index is 717. The van der Waals surface area contributed by atoms with Gasteiger partial charge in [-0.2, -0.15) is 0 Å². The molecule has 0 N–H and O–H groups in total. The van der Waals surface area contributed by atoms with Crippen molar-refractivity contribution in [3.63, 3.8) is 0 Å². The molecule has 1 amide bonds. The summed E-state index contributed by atoms with van der Waals surface area (Å²) in [5.74, 6) is 0.147. The van der Waals surface area contributed by atoms with Gasteiger partial charge >= 0.3 is 0 Å². The molecule has 0 spiro atoms. The van der Waals surface area contributed by atoms with Crippen molar-refractivity contribution in [3.8, 4) is 0 Å². The second kappa shape index (κ2) is 5.95. The van der Waals surface area contributed by atoms with Crippen LogP contribution in [0.3, 0.4) is 0 Å². The average Bonchev–Trinajstić information content (AvgIpc) is 2.79. The zero-order chi connectivity index (χ0) is 15.7. The maximum absolute atomic E-state index is 12.7. The van der Waals surface area contributed by atoms with Crippen LogP contribution in [0.15, 0.2) is 24.3 Å². The standard InChI is InChI=1S/C18H22N2O2/c1-13-7-5-6-10-19(13)18(22)11-20-14(2)16(12-21)15-8-3-4-9-17(15)20/h3-4,8-9,12-13H,5-7,10-11H2,1-2H3/t13-/m0/s1. The van der Waals surface area contributed by atoms with Gasteiger partial charge in [-0.1, -0.05) is 18.2 Å². The number of carbonyl (C=O) groups excluding carboxylic acids is 2. The number of hydrogen-bond donors (Lipinski definition) is 0. The molecule has 1 fully saturated rings. The van der Waals surface area contributed by atoms with Crippen LogP contribution in [0.4, 0.5) is 0 Å². The fraction of sp³-hybridized carbons (Fsp3) is 0.444. The van der Waals surface area contributed by atoms with Gasteiger partial charge in [0.25, 0.3) is 0 Å². The van der Waals surface area contributed by atoms with Gasteiger partial charge in [-0.15, -0.1) is 0 Å². The minimum atomic E-state index is 0.147. The lowest BCUT2D eigenvalue weighted by Crippen LogP contribution is -2.43. The van der Waals surface area contributed by atoms with Gasteiger partial charge in [0.2, 0.25) is 5.91 Å². The highest BCUT2D eigenvalue weighted by Gasteiger charge is 2.24. The smallest absolute Gasteiger partial charge is 0.242 e. The van der Waals surface area contributed by atoms with Crippen LogP contribution < -0.4 is 0 Å². The number of piperidine rings is 1. The molecule has 4 nitrogen and oxygen atoms in total. The first-order valence-electron chi connectivity index (χ1n) is 7.96. The molecule has 0 saturated carbocycles. The van der Waals surface area contributed by atoms with Crippen molar-refractivity contribution in [1.82, 2.24) is 9.47 Å². The average molecular weight is 298 g/mol. The third-order valence-corrected chi connectivity index (χ3v) is 4.81. The van der Waals surface area contributed by atoms with E-state index >= 15 is 0 Å². The first-order valence-corrected chi connectivity index (χ1v) is 7.96. The Labute approximate surface area is 130 Å². The highest BCUT2D eigenvalue weighted by molar-refractivity contribution is 5.99. The number of fused-ring (bicyclic) bond motifs is 1. The van der Waals surface area contributed by atoms with Crippen molar-refractivity contribution >= 4 is 23.1 Å². The number of hydrogen-bond acceptors (Lipinski definition) is 2. The lowest BCUT2D eigenvalue weighted by atomic mass is 10.0. The molecule has 1 saturated heterocycles. The maximum atomic E-state index is 12.7. The Morgan fingerprint density at radius 1 is 1.32 bits per heavy atom. The summed E-state index contributed by atoms with van der Waals surface area (Å²) in [6.07, 6.45) is 4.26. The molecule has 1 atom stereocenters. The van der Waals surface area contributed by atoms with Crippen LogP contribution in [0.1, 0.15) is 42.2 Å². The molecule has 3 rings (SSSR count). The van der Waals surface area contributed by atoms with E-state index in [1.807, 2.05) is 40.7 Å². The third kappa shape index (κ3) is 2.43. The largest absolute Gasteiger partial charge is 0.338 e. The van der Waals surface area contributed by atoms with Crippen molar-refractivity contribution in [3.05, 3.63) is 35.5 Å². The first kappa shape index (κ1) is 14.8. The molecule has 1 aromatic heterocycles. The Morgan fingerprint density at radius 3 is 2.82 bits per heavy atom. The van der Waals surface area contributed by atoms with E-state index < -0.39 is 0 Å². The van der Waals surface area contributed by atoms with E-state index in [1.165, 1.54) is 6.42 Å². The topological polar surface area (TPSA) is 42.3 Å². The predicted molar refractivity (Wildman–Crippen MR) is 87.1 cm³/mol. The molecule has 0 radical (unpaired) electrons. The van der Waals surface area contributed by atoms with Crippen molar-refractivity contribution < 1.29 is 9.59 Å². The molecule has 0 bridgehead atoms.